The molecule has 4 rings (SSSR count). The van der Waals surface area contributed by atoms with Gasteiger partial charge in [-0.3, -0.25) is 14.6 Å². The number of carbonyl (C=O) groups is 2. The monoisotopic (exact) mass is 432 g/mol. The van der Waals surface area contributed by atoms with Crippen LogP contribution in [0, 0.1) is 5.82 Å². The van der Waals surface area contributed by atoms with Crippen molar-refractivity contribution >= 4 is 17.4 Å². The van der Waals surface area contributed by atoms with Gasteiger partial charge in [0.2, 0.25) is 0 Å². The lowest BCUT2D eigenvalue weighted by Crippen LogP contribution is -2.31. The Morgan fingerprint density at radius 2 is 1.69 bits per heavy atom. The summed E-state index contributed by atoms with van der Waals surface area (Å²) in [7, 11) is 1.53. The Kier molecular flexibility index (Phi) is 5.98. The van der Waals surface area contributed by atoms with Gasteiger partial charge in [0, 0.05) is 24.5 Å². The normalized spacial score (nSPS) is 17.6. The lowest BCUT2D eigenvalue weighted by Gasteiger charge is -2.25. The first-order valence-electron chi connectivity index (χ1n) is 10.1. The number of ketones is 1. The Balaban J connectivity index is 1.73. The van der Waals surface area contributed by atoms with Gasteiger partial charge in [0.25, 0.3) is 11.7 Å². The fourth-order valence-corrected chi connectivity index (χ4v) is 3.81. The number of aromatic nitrogens is 1. The molecule has 2 aromatic carbocycles. The number of likely N-dealkylation sites (tertiary alicyclic amines) is 1. The number of Topliss-reactive ketones (excluding diaryl/α,β-unsaturated/α-hetero) is 1. The number of aliphatic hydroxyl groups is 1. The molecule has 6 nitrogen and oxygen atoms in total. The molecule has 0 spiro atoms. The van der Waals surface area contributed by atoms with Gasteiger partial charge >= 0.3 is 0 Å². The zero-order chi connectivity index (χ0) is 22.7. The van der Waals surface area contributed by atoms with Crippen LogP contribution in [0.3, 0.4) is 0 Å². The number of carbonyl (C=O) groups excluding carboxylic acids is 2. The van der Waals surface area contributed by atoms with Crippen molar-refractivity contribution in [3.05, 3.63) is 101 Å². The van der Waals surface area contributed by atoms with Gasteiger partial charge in [-0.2, -0.15) is 0 Å². The number of amides is 1. The molecule has 3 aromatic rings. The van der Waals surface area contributed by atoms with Crippen LogP contribution < -0.4 is 4.74 Å². The molecule has 2 heterocycles. The molecule has 1 aliphatic heterocycles. The van der Waals surface area contributed by atoms with Crippen LogP contribution >= 0.6 is 0 Å². The molecule has 1 saturated heterocycles. The highest BCUT2D eigenvalue weighted by atomic mass is 19.1. The summed E-state index contributed by atoms with van der Waals surface area (Å²) < 4.78 is 18.4. The van der Waals surface area contributed by atoms with E-state index in [9.17, 15) is 19.1 Å². The maximum absolute atomic E-state index is 13.2. The summed E-state index contributed by atoms with van der Waals surface area (Å²) in [6.45, 7) is 0.225. The minimum Gasteiger partial charge on any atom is -0.507 e. The number of pyridine rings is 1. The van der Waals surface area contributed by atoms with E-state index in [1.54, 1.807) is 60.9 Å². The summed E-state index contributed by atoms with van der Waals surface area (Å²) in [6.07, 6.45) is 3.57. The third-order valence-corrected chi connectivity index (χ3v) is 5.48. The van der Waals surface area contributed by atoms with Gasteiger partial charge in [-0.25, -0.2) is 4.39 Å². The molecular weight excluding hydrogens is 411 g/mol. The van der Waals surface area contributed by atoms with E-state index in [4.69, 9.17) is 4.74 Å². The third kappa shape index (κ3) is 4.09. The van der Waals surface area contributed by atoms with Crippen molar-refractivity contribution in [3.63, 3.8) is 0 Å². The van der Waals surface area contributed by atoms with Gasteiger partial charge in [0.05, 0.1) is 18.7 Å². The molecule has 1 aliphatic rings. The molecule has 1 unspecified atom stereocenters. The summed E-state index contributed by atoms with van der Waals surface area (Å²) in [5.41, 5.74) is 1.91. The second kappa shape index (κ2) is 9.01. The average Bonchev–Trinajstić information content (AvgIpc) is 3.08. The summed E-state index contributed by atoms with van der Waals surface area (Å²) >= 11 is 0. The molecule has 162 valence electrons. The van der Waals surface area contributed by atoms with Crippen molar-refractivity contribution in [2.75, 3.05) is 13.7 Å². The van der Waals surface area contributed by atoms with Crippen molar-refractivity contribution in [2.45, 2.75) is 12.5 Å². The second-order valence-electron chi connectivity index (χ2n) is 7.38. The third-order valence-electron chi connectivity index (χ3n) is 5.48. The van der Waals surface area contributed by atoms with Crippen LogP contribution in [0.25, 0.3) is 5.76 Å². The van der Waals surface area contributed by atoms with Crippen LogP contribution in [-0.2, 0) is 16.0 Å². The summed E-state index contributed by atoms with van der Waals surface area (Å²) in [5, 5.41) is 11.0. The Morgan fingerprint density at radius 3 is 2.31 bits per heavy atom. The Morgan fingerprint density at radius 1 is 1.03 bits per heavy atom. The number of rotatable bonds is 6. The minimum atomic E-state index is -0.763. The smallest absolute Gasteiger partial charge is 0.295 e. The van der Waals surface area contributed by atoms with E-state index in [1.807, 2.05) is 0 Å². The molecule has 1 fully saturated rings. The highest BCUT2D eigenvalue weighted by Gasteiger charge is 2.45. The van der Waals surface area contributed by atoms with Crippen LogP contribution in [0.1, 0.15) is 22.7 Å². The van der Waals surface area contributed by atoms with Crippen LogP contribution in [0.5, 0.6) is 5.75 Å². The number of nitrogens with zero attached hydrogens (tertiary/aromatic N) is 2. The van der Waals surface area contributed by atoms with Crippen LogP contribution in [-0.4, -0.2) is 40.3 Å². The van der Waals surface area contributed by atoms with Gasteiger partial charge in [-0.1, -0.05) is 12.1 Å². The number of aliphatic hydroxyl groups excluding tert-OH is 1. The average molecular weight is 432 g/mol. The zero-order valence-corrected chi connectivity index (χ0v) is 17.4. The number of hydrogen-bond donors (Lipinski definition) is 1. The molecule has 1 aromatic heterocycles. The molecule has 0 radical (unpaired) electrons. The first kappa shape index (κ1) is 21.2. The minimum absolute atomic E-state index is 0.0190. The van der Waals surface area contributed by atoms with E-state index < -0.39 is 17.7 Å². The zero-order valence-electron chi connectivity index (χ0n) is 17.4. The van der Waals surface area contributed by atoms with Crippen molar-refractivity contribution in [3.8, 4) is 5.75 Å². The van der Waals surface area contributed by atoms with E-state index in [2.05, 4.69) is 4.98 Å². The van der Waals surface area contributed by atoms with Gasteiger partial charge in [0.15, 0.2) is 0 Å². The number of ether oxygens (including phenoxy) is 1. The summed E-state index contributed by atoms with van der Waals surface area (Å²) in [4.78, 5) is 31.4. The van der Waals surface area contributed by atoms with Crippen LogP contribution in [0.4, 0.5) is 4.39 Å². The molecule has 1 N–H and O–H groups in total. The van der Waals surface area contributed by atoms with Crippen molar-refractivity contribution in [1.82, 2.24) is 9.88 Å². The van der Waals surface area contributed by atoms with Crippen LogP contribution in [0.2, 0.25) is 0 Å². The van der Waals surface area contributed by atoms with Crippen molar-refractivity contribution in [1.29, 1.82) is 0 Å². The van der Waals surface area contributed by atoms with E-state index in [1.165, 1.54) is 24.1 Å². The molecule has 1 atom stereocenters. The molecule has 7 heteroatoms. The van der Waals surface area contributed by atoms with Crippen molar-refractivity contribution < 1.29 is 23.8 Å². The SMILES string of the molecule is COc1ccc(/C(O)=C2/C(=O)C(=O)N(CCc3ccc(F)cc3)C2c2ccncc2)cc1. The number of methoxy groups -OCH3 is 1. The highest BCUT2D eigenvalue weighted by Crippen LogP contribution is 2.39. The quantitative estimate of drug-likeness (QED) is 0.363. The first-order valence-corrected chi connectivity index (χ1v) is 10.1. The maximum Gasteiger partial charge on any atom is 0.295 e. The molecule has 1 amide bonds. The Bertz CT molecular complexity index is 1160. The number of hydrogen-bond acceptors (Lipinski definition) is 5. The van der Waals surface area contributed by atoms with Gasteiger partial charge in [-0.15, -0.1) is 0 Å². The molecule has 0 saturated carbocycles. The predicted octanol–water partition coefficient (Wildman–Crippen LogP) is 3.89. The second-order valence-corrected chi connectivity index (χ2v) is 7.38. The van der Waals surface area contributed by atoms with E-state index in [0.29, 0.717) is 23.3 Å². The van der Waals surface area contributed by atoms with Crippen molar-refractivity contribution in [2.24, 2.45) is 0 Å². The number of halogens is 1. The fraction of sp³-hybridized carbons (Fsp3) is 0.160. The van der Waals surface area contributed by atoms with E-state index in [-0.39, 0.29) is 23.7 Å². The van der Waals surface area contributed by atoms with Gasteiger partial charge in [0.1, 0.15) is 17.3 Å². The van der Waals surface area contributed by atoms with E-state index in [0.717, 1.165) is 5.56 Å². The molecule has 0 aliphatic carbocycles. The Hall–Kier alpha value is -4.00. The molecule has 32 heavy (non-hydrogen) atoms. The standard InChI is InChI=1S/C25H21FN2O4/c1-32-20-8-4-18(5-9-20)23(29)21-22(17-10-13-27-14-11-17)28(25(31)24(21)30)15-12-16-2-6-19(26)7-3-16/h2-11,13-14,22,29H,12,15H2,1H3/b23-21-. The van der Waals surface area contributed by atoms with Crippen LogP contribution in [0.15, 0.2) is 78.6 Å². The Labute approximate surface area is 184 Å². The first-order chi connectivity index (χ1) is 15.5. The van der Waals surface area contributed by atoms with E-state index >= 15 is 0 Å². The predicted molar refractivity (Wildman–Crippen MR) is 116 cm³/mol. The molecular formula is C25H21FN2O4. The highest BCUT2D eigenvalue weighted by molar-refractivity contribution is 6.46. The summed E-state index contributed by atoms with van der Waals surface area (Å²) in [5.74, 6) is -1.43. The number of benzene rings is 2. The van der Waals surface area contributed by atoms with Gasteiger partial charge in [-0.05, 0) is 66.1 Å². The lowest BCUT2D eigenvalue weighted by molar-refractivity contribution is -0.139. The largest absolute Gasteiger partial charge is 0.507 e. The maximum atomic E-state index is 13.2. The molecule has 0 bridgehead atoms. The van der Waals surface area contributed by atoms with Gasteiger partial charge < -0.3 is 14.7 Å². The summed E-state index contributed by atoms with van der Waals surface area (Å²) in [6, 6.07) is 15.2. The lowest BCUT2D eigenvalue weighted by atomic mass is 9.96. The fourth-order valence-electron chi connectivity index (χ4n) is 3.81. The topological polar surface area (TPSA) is 79.7 Å².